The summed E-state index contributed by atoms with van der Waals surface area (Å²) >= 11 is 0. The van der Waals surface area contributed by atoms with E-state index in [0.29, 0.717) is 18.0 Å². The van der Waals surface area contributed by atoms with Crippen molar-refractivity contribution in [1.82, 2.24) is 4.90 Å². The van der Waals surface area contributed by atoms with E-state index in [-0.39, 0.29) is 18.0 Å². The van der Waals surface area contributed by atoms with Crippen LogP contribution in [0.25, 0.3) is 0 Å². The van der Waals surface area contributed by atoms with Gasteiger partial charge in [0.05, 0.1) is 12.7 Å². The van der Waals surface area contributed by atoms with E-state index in [1.54, 1.807) is 24.3 Å². The first-order chi connectivity index (χ1) is 10.6. The predicted octanol–water partition coefficient (Wildman–Crippen LogP) is 1.87. The molecule has 0 radical (unpaired) electrons. The van der Waals surface area contributed by atoms with Crippen LogP contribution in [0.4, 0.5) is 0 Å². The van der Waals surface area contributed by atoms with Crippen molar-refractivity contribution < 1.29 is 19.1 Å². The Balaban J connectivity index is 1.79. The first-order valence-electron chi connectivity index (χ1n) is 7.67. The lowest BCUT2D eigenvalue weighted by Crippen LogP contribution is -2.53. The lowest BCUT2D eigenvalue weighted by Gasteiger charge is -2.40. The summed E-state index contributed by atoms with van der Waals surface area (Å²) < 4.78 is 10.6. The molecule has 0 N–H and O–H groups in total. The standard InChI is InChI=1S/C17H21NO4/c1-18-12-8-9-13(18)15(17(20)21-2)14(10-12)22-16(19)11-6-4-3-5-7-11/h3-7,12-15H,8-10H2,1-2H3/t12?,13?,14-,15?/m1/s1. The normalized spacial score (nSPS) is 30.8. The van der Waals surface area contributed by atoms with Crippen LogP contribution in [0, 0.1) is 5.92 Å². The Bertz CT molecular complexity index is 559. The number of piperidine rings is 1. The Morgan fingerprint density at radius 2 is 1.91 bits per heavy atom. The Kier molecular flexibility index (Phi) is 4.16. The van der Waals surface area contributed by atoms with Crippen LogP contribution in [0.2, 0.25) is 0 Å². The molecule has 118 valence electrons. The largest absolute Gasteiger partial charge is 0.469 e. The molecule has 0 aliphatic carbocycles. The van der Waals surface area contributed by atoms with Crippen LogP contribution in [0.3, 0.4) is 0 Å². The molecule has 4 atom stereocenters. The fraction of sp³-hybridized carbons (Fsp3) is 0.529. The van der Waals surface area contributed by atoms with Gasteiger partial charge in [-0.3, -0.25) is 9.69 Å². The Labute approximate surface area is 130 Å². The summed E-state index contributed by atoms with van der Waals surface area (Å²) in [6.45, 7) is 0. The van der Waals surface area contributed by atoms with Gasteiger partial charge in [-0.25, -0.2) is 4.79 Å². The summed E-state index contributed by atoms with van der Waals surface area (Å²) in [5, 5.41) is 0. The minimum Gasteiger partial charge on any atom is -0.469 e. The van der Waals surface area contributed by atoms with E-state index in [9.17, 15) is 9.59 Å². The number of carbonyl (C=O) groups is 2. The highest BCUT2D eigenvalue weighted by atomic mass is 16.6. The summed E-state index contributed by atoms with van der Waals surface area (Å²) in [4.78, 5) is 26.7. The molecule has 1 aromatic rings. The summed E-state index contributed by atoms with van der Waals surface area (Å²) in [5.41, 5.74) is 0.511. The van der Waals surface area contributed by atoms with Crippen LogP contribution in [0.15, 0.2) is 30.3 Å². The molecule has 3 unspecified atom stereocenters. The van der Waals surface area contributed by atoms with E-state index in [4.69, 9.17) is 9.47 Å². The lowest BCUT2D eigenvalue weighted by molar-refractivity contribution is -0.156. The molecule has 5 heteroatoms. The number of fused-ring (bicyclic) bond motifs is 2. The fourth-order valence-electron chi connectivity index (χ4n) is 3.77. The highest BCUT2D eigenvalue weighted by Gasteiger charge is 2.50. The van der Waals surface area contributed by atoms with E-state index in [1.165, 1.54) is 7.11 Å². The molecule has 2 aliphatic rings. The number of esters is 2. The van der Waals surface area contributed by atoms with E-state index in [1.807, 2.05) is 13.1 Å². The molecule has 0 saturated carbocycles. The first kappa shape index (κ1) is 15.0. The van der Waals surface area contributed by atoms with Crippen LogP contribution in [-0.2, 0) is 14.3 Å². The summed E-state index contributed by atoms with van der Waals surface area (Å²) in [5.74, 6) is -1.06. The molecule has 3 rings (SSSR count). The van der Waals surface area contributed by atoms with Crippen molar-refractivity contribution in [2.24, 2.45) is 5.92 Å². The van der Waals surface area contributed by atoms with Crippen LogP contribution in [0.1, 0.15) is 29.6 Å². The Hall–Kier alpha value is -1.88. The van der Waals surface area contributed by atoms with Gasteiger partial charge in [0.1, 0.15) is 12.0 Å². The Morgan fingerprint density at radius 3 is 2.59 bits per heavy atom. The number of ether oxygens (including phenoxy) is 2. The molecule has 0 spiro atoms. The second-order valence-corrected chi connectivity index (χ2v) is 6.06. The van der Waals surface area contributed by atoms with Crippen molar-refractivity contribution in [3.8, 4) is 0 Å². The van der Waals surface area contributed by atoms with Crippen molar-refractivity contribution >= 4 is 11.9 Å². The van der Waals surface area contributed by atoms with Crippen LogP contribution >= 0.6 is 0 Å². The molecule has 5 nitrogen and oxygen atoms in total. The monoisotopic (exact) mass is 303 g/mol. The zero-order valence-corrected chi connectivity index (χ0v) is 12.9. The molecule has 0 amide bonds. The highest BCUT2D eigenvalue weighted by molar-refractivity contribution is 5.89. The maximum Gasteiger partial charge on any atom is 0.338 e. The maximum absolute atomic E-state index is 12.3. The van der Waals surface area contributed by atoms with Gasteiger partial charge in [0.15, 0.2) is 0 Å². The van der Waals surface area contributed by atoms with E-state index in [2.05, 4.69) is 4.90 Å². The second-order valence-electron chi connectivity index (χ2n) is 6.06. The quantitative estimate of drug-likeness (QED) is 0.798. The van der Waals surface area contributed by atoms with Gasteiger partial charge in [-0.05, 0) is 32.0 Å². The molecule has 2 fully saturated rings. The van der Waals surface area contributed by atoms with Crippen LogP contribution in [-0.4, -0.2) is 49.2 Å². The lowest BCUT2D eigenvalue weighted by atomic mass is 9.87. The number of benzene rings is 1. The van der Waals surface area contributed by atoms with Gasteiger partial charge in [0, 0.05) is 18.5 Å². The number of hydrogen-bond donors (Lipinski definition) is 0. The molecule has 22 heavy (non-hydrogen) atoms. The van der Waals surface area contributed by atoms with Gasteiger partial charge < -0.3 is 9.47 Å². The number of hydrogen-bond acceptors (Lipinski definition) is 5. The third kappa shape index (κ3) is 2.61. The van der Waals surface area contributed by atoms with Crippen LogP contribution < -0.4 is 0 Å². The molecule has 2 aliphatic heterocycles. The van der Waals surface area contributed by atoms with Crippen molar-refractivity contribution in [2.45, 2.75) is 37.5 Å². The molecule has 0 aromatic heterocycles. The number of methoxy groups -OCH3 is 1. The van der Waals surface area contributed by atoms with Crippen molar-refractivity contribution in [3.63, 3.8) is 0 Å². The van der Waals surface area contributed by atoms with Crippen molar-refractivity contribution in [3.05, 3.63) is 35.9 Å². The Morgan fingerprint density at radius 1 is 1.18 bits per heavy atom. The molecule has 2 saturated heterocycles. The predicted molar refractivity (Wildman–Crippen MR) is 80.3 cm³/mol. The zero-order valence-electron chi connectivity index (χ0n) is 12.9. The number of carbonyl (C=O) groups excluding carboxylic acids is 2. The fourth-order valence-corrected chi connectivity index (χ4v) is 3.77. The number of rotatable bonds is 3. The van der Waals surface area contributed by atoms with Gasteiger partial charge in [0.2, 0.25) is 0 Å². The molecular weight excluding hydrogens is 282 g/mol. The molecule has 1 aromatic carbocycles. The minimum absolute atomic E-state index is 0.0970. The van der Waals surface area contributed by atoms with Gasteiger partial charge in [-0.1, -0.05) is 18.2 Å². The maximum atomic E-state index is 12.3. The van der Waals surface area contributed by atoms with E-state index >= 15 is 0 Å². The molecule has 2 bridgehead atoms. The SMILES string of the molecule is COC(=O)C1C2CCC(C[C@H]1OC(=O)c1ccccc1)N2C. The molecule has 2 heterocycles. The number of nitrogens with zero attached hydrogens (tertiary/aromatic N) is 1. The van der Waals surface area contributed by atoms with Gasteiger partial charge in [0.25, 0.3) is 0 Å². The van der Waals surface area contributed by atoms with Gasteiger partial charge >= 0.3 is 11.9 Å². The van der Waals surface area contributed by atoms with E-state index in [0.717, 1.165) is 12.8 Å². The zero-order chi connectivity index (χ0) is 15.7. The summed E-state index contributed by atoms with van der Waals surface area (Å²) in [6, 6.07) is 9.36. The van der Waals surface area contributed by atoms with Crippen molar-refractivity contribution in [1.29, 1.82) is 0 Å². The molecular formula is C17H21NO4. The summed E-state index contributed by atoms with van der Waals surface area (Å²) in [7, 11) is 3.42. The van der Waals surface area contributed by atoms with Gasteiger partial charge in [-0.2, -0.15) is 0 Å². The summed E-state index contributed by atoms with van der Waals surface area (Å²) in [6.07, 6.45) is 2.26. The smallest absolute Gasteiger partial charge is 0.338 e. The first-order valence-corrected chi connectivity index (χ1v) is 7.67. The third-order valence-electron chi connectivity index (χ3n) is 4.96. The highest BCUT2D eigenvalue weighted by Crippen LogP contribution is 2.40. The minimum atomic E-state index is -0.408. The van der Waals surface area contributed by atoms with Crippen LogP contribution in [0.5, 0.6) is 0 Å². The average molecular weight is 303 g/mol. The average Bonchev–Trinajstić information content (AvgIpc) is 2.78. The topological polar surface area (TPSA) is 55.8 Å². The van der Waals surface area contributed by atoms with E-state index < -0.39 is 12.0 Å². The second kappa shape index (κ2) is 6.08. The van der Waals surface area contributed by atoms with Gasteiger partial charge in [-0.15, -0.1) is 0 Å². The third-order valence-corrected chi connectivity index (χ3v) is 4.96. The van der Waals surface area contributed by atoms with Crippen molar-refractivity contribution in [2.75, 3.05) is 14.2 Å².